The molecule has 0 saturated carbocycles. The van der Waals surface area contributed by atoms with Crippen molar-refractivity contribution in [2.24, 2.45) is 5.73 Å². The number of nitrogens with two attached hydrogens (primary N) is 1. The van der Waals surface area contributed by atoms with Crippen LogP contribution in [0.1, 0.15) is 55.8 Å². The third kappa shape index (κ3) is 4.39. The molecular weight excluding hydrogens is 427 g/mol. The van der Waals surface area contributed by atoms with Crippen LogP contribution in [-0.4, -0.2) is 29.9 Å². The van der Waals surface area contributed by atoms with E-state index in [1.165, 1.54) is 6.07 Å². The molecule has 1 aromatic carbocycles. The zero-order chi connectivity index (χ0) is 23.5. The normalized spacial score (nSPS) is 19.8. The van der Waals surface area contributed by atoms with Crippen LogP contribution in [0.5, 0.6) is 5.75 Å². The lowest BCUT2D eigenvalue weighted by Crippen LogP contribution is -2.37. The summed E-state index contributed by atoms with van der Waals surface area (Å²) in [7, 11) is 0. The summed E-state index contributed by atoms with van der Waals surface area (Å²) < 4.78 is 33.4. The Labute approximate surface area is 191 Å². The lowest BCUT2D eigenvalue weighted by Gasteiger charge is -2.30. The van der Waals surface area contributed by atoms with Crippen molar-refractivity contribution in [2.75, 3.05) is 13.2 Å². The van der Waals surface area contributed by atoms with Crippen LogP contribution in [0, 0.1) is 5.82 Å². The number of nitrogens with zero attached hydrogens (tertiary/aromatic N) is 1. The Balaban J connectivity index is 1.94. The highest BCUT2D eigenvalue weighted by molar-refractivity contribution is 5.92. The van der Waals surface area contributed by atoms with Gasteiger partial charge in [-0.25, -0.2) is 9.18 Å². The number of aromatic nitrogens is 1. The molecule has 7 nitrogen and oxygen atoms in total. The molecule has 2 aliphatic heterocycles. The van der Waals surface area contributed by atoms with Gasteiger partial charge >= 0.3 is 5.97 Å². The van der Waals surface area contributed by atoms with Crippen molar-refractivity contribution in [1.29, 1.82) is 0 Å². The number of hydrogen-bond donors (Lipinski definition) is 1. The first-order chi connectivity index (χ1) is 16.0. The van der Waals surface area contributed by atoms with E-state index in [-0.39, 0.29) is 46.6 Å². The number of halogens is 1. The minimum atomic E-state index is -1.05. The number of esters is 1. The molecule has 4 rings (SSSR count). The molecule has 1 saturated heterocycles. The number of carbonyl (C=O) groups is 1. The van der Waals surface area contributed by atoms with Crippen molar-refractivity contribution >= 4 is 5.97 Å². The number of aryl methyl sites for hydroxylation is 1. The van der Waals surface area contributed by atoms with E-state index in [0.717, 1.165) is 25.0 Å². The summed E-state index contributed by atoms with van der Waals surface area (Å²) in [6.45, 7) is 4.84. The Morgan fingerprint density at radius 3 is 2.76 bits per heavy atom. The summed E-state index contributed by atoms with van der Waals surface area (Å²) >= 11 is 0. The molecule has 2 unspecified atom stereocenters. The van der Waals surface area contributed by atoms with Gasteiger partial charge in [0.25, 0.3) is 5.56 Å². The van der Waals surface area contributed by atoms with E-state index in [1.807, 2.05) is 6.92 Å². The number of rotatable bonds is 7. The summed E-state index contributed by atoms with van der Waals surface area (Å²) in [4.78, 5) is 26.8. The van der Waals surface area contributed by atoms with Crippen molar-refractivity contribution in [2.45, 2.75) is 58.1 Å². The second-order valence-electron chi connectivity index (χ2n) is 8.27. The van der Waals surface area contributed by atoms with E-state index in [2.05, 4.69) is 0 Å². The predicted octanol–water partition coefficient (Wildman–Crippen LogP) is 3.38. The predicted molar refractivity (Wildman–Crippen MR) is 120 cm³/mol. The maximum absolute atomic E-state index is 15.0. The van der Waals surface area contributed by atoms with Gasteiger partial charge in [-0.15, -0.1) is 0 Å². The van der Waals surface area contributed by atoms with Crippen LogP contribution in [0.4, 0.5) is 4.39 Å². The summed E-state index contributed by atoms with van der Waals surface area (Å²) in [5, 5.41) is 0. The fourth-order valence-electron chi connectivity index (χ4n) is 4.60. The topological polar surface area (TPSA) is 92.8 Å². The highest BCUT2D eigenvalue weighted by Gasteiger charge is 2.40. The molecule has 2 N–H and O–H groups in total. The first-order valence-corrected chi connectivity index (χ1v) is 11.4. The van der Waals surface area contributed by atoms with Gasteiger partial charge in [0.05, 0.1) is 30.7 Å². The monoisotopic (exact) mass is 456 g/mol. The van der Waals surface area contributed by atoms with E-state index in [9.17, 15) is 14.0 Å². The Hall–Kier alpha value is -3.13. The third-order valence-electron chi connectivity index (χ3n) is 6.08. The Morgan fingerprint density at radius 2 is 2.09 bits per heavy atom. The molecule has 2 aromatic rings. The molecule has 176 valence electrons. The first kappa shape index (κ1) is 23.0. The Bertz CT molecular complexity index is 1130. The lowest BCUT2D eigenvalue weighted by molar-refractivity contribution is -0.139. The molecule has 0 bridgehead atoms. The van der Waals surface area contributed by atoms with E-state index >= 15 is 0 Å². The number of fused-ring (bicyclic) bond motifs is 1. The van der Waals surface area contributed by atoms with Gasteiger partial charge in [-0.05, 0) is 32.3 Å². The fourth-order valence-corrected chi connectivity index (χ4v) is 4.60. The lowest BCUT2D eigenvalue weighted by atomic mass is 9.83. The Morgan fingerprint density at radius 1 is 1.30 bits per heavy atom. The van der Waals surface area contributed by atoms with E-state index in [0.29, 0.717) is 19.6 Å². The molecule has 3 heterocycles. The van der Waals surface area contributed by atoms with E-state index in [4.69, 9.17) is 19.9 Å². The molecule has 0 radical (unpaired) electrons. The smallest absolute Gasteiger partial charge is 0.340 e. The van der Waals surface area contributed by atoms with Crippen LogP contribution in [-0.2, 0) is 27.2 Å². The quantitative estimate of drug-likeness (QED) is 0.642. The largest absolute Gasteiger partial charge is 0.462 e. The first-order valence-electron chi connectivity index (χ1n) is 11.4. The summed E-state index contributed by atoms with van der Waals surface area (Å²) in [6.07, 6.45) is 3.21. The molecule has 33 heavy (non-hydrogen) atoms. The minimum Gasteiger partial charge on any atom is -0.462 e. The van der Waals surface area contributed by atoms with Crippen LogP contribution in [0.2, 0.25) is 0 Å². The number of benzene rings is 1. The van der Waals surface area contributed by atoms with Gasteiger partial charge in [0.15, 0.2) is 0 Å². The summed E-state index contributed by atoms with van der Waals surface area (Å²) in [5.74, 6) is -2.28. The average molecular weight is 457 g/mol. The molecule has 0 spiro atoms. The van der Waals surface area contributed by atoms with Crippen molar-refractivity contribution < 1.29 is 23.4 Å². The van der Waals surface area contributed by atoms with Gasteiger partial charge in [0.1, 0.15) is 17.1 Å². The number of ether oxygens (including phenoxy) is 3. The van der Waals surface area contributed by atoms with E-state index in [1.54, 1.807) is 35.8 Å². The van der Waals surface area contributed by atoms with Gasteiger partial charge in [0.2, 0.25) is 5.88 Å². The third-order valence-corrected chi connectivity index (χ3v) is 6.08. The zero-order valence-corrected chi connectivity index (χ0v) is 18.9. The van der Waals surface area contributed by atoms with Gasteiger partial charge in [-0.3, -0.25) is 4.79 Å². The average Bonchev–Trinajstić information content (AvgIpc) is 3.29. The fraction of sp³-hybridized carbons (Fsp3) is 0.440. The van der Waals surface area contributed by atoms with Crippen LogP contribution >= 0.6 is 0 Å². The second-order valence-corrected chi connectivity index (χ2v) is 8.27. The Kier molecular flexibility index (Phi) is 6.83. The van der Waals surface area contributed by atoms with Crippen LogP contribution in [0.3, 0.4) is 0 Å². The molecule has 2 atom stereocenters. The molecule has 1 fully saturated rings. The van der Waals surface area contributed by atoms with Gasteiger partial charge < -0.3 is 24.5 Å². The molecule has 0 aliphatic carbocycles. The highest BCUT2D eigenvalue weighted by atomic mass is 19.1. The van der Waals surface area contributed by atoms with Crippen molar-refractivity contribution in [1.82, 2.24) is 4.57 Å². The second kappa shape index (κ2) is 9.79. The standard InChI is InChI=1S/C25H29FN2O5/c1-3-8-15-13-19-21(24(29)28(15)14-16-9-7-12-32-16)20(17-10-5-6-11-18(17)26)22(23(27)33-19)25(30)31-4-2/h5-6,10-11,13,16,20H,3-4,7-9,12,14,27H2,1-2H3. The van der Waals surface area contributed by atoms with Crippen LogP contribution in [0.15, 0.2) is 46.6 Å². The maximum Gasteiger partial charge on any atom is 0.340 e. The zero-order valence-electron chi connectivity index (χ0n) is 18.9. The molecule has 8 heteroatoms. The molecular formula is C25H29FN2O5. The van der Waals surface area contributed by atoms with Gasteiger partial charge in [-0.1, -0.05) is 31.5 Å². The van der Waals surface area contributed by atoms with Crippen LogP contribution in [0.25, 0.3) is 0 Å². The van der Waals surface area contributed by atoms with E-state index < -0.39 is 17.7 Å². The van der Waals surface area contributed by atoms with Crippen molar-refractivity contribution in [3.63, 3.8) is 0 Å². The molecule has 0 amide bonds. The number of carbonyl (C=O) groups excluding carboxylic acids is 1. The SMILES string of the molecule is CCCc1cc2c(c(=O)n1CC1CCCO1)C(c1ccccc1F)C(C(=O)OCC)=C(N)O2. The highest BCUT2D eigenvalue weighted by Crippen LogP contribution is 2.42. The summed E-state index contributed by atoms with van der Waals surface area (Å²) in [5.41, 5.74) is 6.87. The number of hydrogen-bond acceptors (Lipinski definition) is 6. The number of pyridine rings is 1. The molecule has 2 aliphatic rings. The minimum absolute atomic E-state index is 0.0709. The van der Waals surface area contributed by atoms with Crippen molar-refractivity contribution in [3.8, 4) is 5.75 Å². The summed E-state index contributed by atoms with van der Waals surface area (Å²) in [6, 6.07) is 7.82. The van der Waals surface area contributed by atoms with Gasteiger partial charge in [0, 0.05) is 23.9 Å². The van der Waals surface area contributed by atoms with Crippen LogP contribution < -0.4 is 16.0 Å². The van der Waals surface area contributed by atoms with Gasteiger partial charge in [-0.2, -0.15) is 0 Å². The van der Waals surface area contributed by atoms with Crippen molar-refractivity contribution in [3.05, 3.63) is 74.8 Å². The molecule has 1 aromatic heterocycles. The maximum atomic E-state index is 15.0.